The highest BCUT2D eigenvalue weighted by Crippen LogP contribution is 2.30. The third-order valence-electron chi connectivity index (χ3n) is 3.41. The van der Waals surface area contributed by atoms with Gasteiger partial charge in [-0.2, -0.15) is 0 Å². The largest absolute Gasteiger partial charge is 0.493 e. The van der Waals surface area contributed by atoms with Gasteiger partial charge < -0.3 is 15.2 Å². The smallest absolute Gasteiger partial charge is 0.124 e. The van der Waals surface area contributed by atoms with E-state index in [1.54, 1.807) is 0 Å². The number of hydrogen-bond donors (Lipinski definition) is 2. The van der Waals surface area contributed by atoms with E-state index in [1.807, 2.05) is 18.2 Å². The molecule has 3 heteroatoms. The third kappa shape index (κ3) is 3.47. The van der Waals surface area contributed by atoms with Crippen LogP contribution in [0.15, 0.2) is 24.3 Å². The van der Waals surface area contributed by atoms with Crippen molar-refractivity contribution in [3.8, 4) is 5.75 Å². The Morgan fingerprint density at radius 3 is 3.11 bits per heavy atom. The van der Waals surface area contributed by atoms with Gasteiger partial charge in [0.25, 0.3) is 0 Å². The summed E-state index contributed by atoms with van der Waals surface area (Å²) in [4.78, 5) is 0. The van der Waals surface area contributed by atoms with Crippen LogP contribution in [-0.4, -0.2) is 24.4 Å². The predicted octanol–water partition coefficient (Wildman–Crippen LogP) is 2.65. The fourth-order valence-electron chi connectivity index (χ4n) is 2.45. The molecule has 1 heterocycles. The molecule has 0 spiro atoms. The first-order valence-electron chi connectivity index (χ1n) is 6.94. The lowest BCUT2D eigenvalue weighted by molar-refractivity contribution is 0.155. The number of hydrogen-bond acceptors (Lipinski definition) is 3. The number of rotatable bonds is 5. The Kier molecular flexibility index (Phi) is 5.02. The second-order valence-corrected chi connectivity index (χ2v) is 4.93. The van der Waals surface area contributed by atoms with Crippen molar-refractivity contribution in [2.45, 2.75) is 44.8 Å². The Morgan fingerprint density at radius 1 is 1.44 bits per heavy atom. The Bertz CT molecular complexity index is 367. The van der Waals surface area contributed by atoms with Crippen LogP contribution in [0.2, 0.25) is 0 Å². The molecule has 100 valence electrons. The molecule has 18 heavy (non-hydrogen) atoms. The quantitative estimate of drug-likeness (QED) is 0.843. The molecule has 1 aliphatic rings. The number of nitrogens with one attached hydrogen (secondary N) is 1. The summed E-state index contributed by atoms with van der Waals surface area (Å²) in [7, 11) is 0. The van der Waals surface area contributed by atoms with E-state index >= 15 is 0 Å². The molecule has 0 saturated carbocycles. The van der Waals surface area contributed by atoms with Crippen LogP contribution in [0.4, 0.5) is 0 Å². The van der Waals surface area contributed by atoms with E-state index in [2.05, 4.69) is 18.3 Å². The molecule has 2 rings (SSSR count). The van der Waals surface area contributed by atoms with Gasteiger partial charge in [0.2, 0.25) is 0 Å². The Balaban J connectivity index is 1.99. The average Bonchev–Trinajstić information content (AvgIpc) is 2.59. The van der Waals surface area contributed by atoms with Crippen molar-refractivity contribution < 1.29 is 9.84 Å². The van der Waals surface area contributed by atoms with Crippen molar-refractivity contribution >= 4 is 0 Å². The van der Waals surface area contributed by atoms with Crippen molar-refractivity contribution in [3.05, 3.63) is 29.8 Å². The molecule has 0 radical (unpaired) electrons. The van der Waals surface area contributed by atoms with Crippen LogP contribution in [-0.2, 0) is 0 Å². The van der Waals surface area contributed by atoms with Gasteiger partial charge in [-0.15, -0.1) is 0 Å². The van der Waals surface area contributed by atoms with Crippen LogP contribution in [0.1, 0.15) is 44.2 Å². The molecule has 2 atom stereocenters. The monoisotopic (exact) mass is 249 g/mol. The third-order valence-corrected chi connectivity index (χ3v) is 3.41. The van der Waals surface area contributed by atoms with Gasteiger partial charge in [-0.05, 0) is 25.3 Å². The van der Waals surface area contributed by atoms with Gasteiger partial charge in [-0.25, -0.2) is 0 Å². The van der Waals surface area contributed by atoms with Crippen LogP contribution in [0.5, 0.6) is 5.75 Å². The van der Waals surface area contributed by atoms with E-state index in [4.69, 9.17) is 4.74 Å². The fourth-order valence-corrected chi connectivity index (χ4v) is 2.45. The predicted molar refractivity (Wildman–Crippen MR) is 72.8 cm³/mol. The molecule has 0 aromatic heterocycles. The van der Waals surface area contributed by atoms with Crippen LogP contribution in [0, 0.1) is 0 Å². The van der Waals surface area contributed by atoms with Crippen LogP contribution < -0.4 is 10.1 Å². The molecule has 1 aromatic rings. The number of ether oxygens (including phenoxy) is 1. The van der Waals surface area contributed by atoms with E-state index < -0.39 is 0 Å². The average molecular weight is 249 g/mol. The highest BCUT2D eigenvalue weighted by molar-refractivity contribution is 5.36. The minimum absolute atomic E-state index is 0.244. The molecule has 2 unspecified atom stereocenters. The zero-order valence-corrected chi connectivity index (χ0v) is 11.1. The zero-order valence-electron chi connectivity index (χ0n) is 11.1. The fraction of sp³-hybridized carbons (Fsp3) is 0.600. The molecule has 3 nitrogen and oxygen atoms in total. The van der Waals surface area contributed by atoms with Gasteiger partial charge in [0.1, 0.15) is 5.75 Å². The first-order valence-corrected chi connectivity index (χ1v) is 6.94. The molecule has 0 fully saturated rings. The molecule has 0 saturated heterocycles. The van der Waals surface area contributed by atoms with Gasteiger partial charge in [0.15, 0.2) is 0 Å². The van der Waals surface area contributed by atoms with Crippen LogP contribution in [0.25, 0.3) is 0 Å². The molecule has 1 aromatic carbocycles. The maximum atomic E-state index is 9.80. The lowest BCUT2D eigenvalue weighted by Gasteiger charge is -2.20. The van der Waals surface area contributed by atoms with Gasteiger partial charge in [0, 0.05) is 18.2 Å². The standard InChI is InChI=1S/C15H23NO2/c1-2-6-12(17)11-16-14-8-5-10-18-15-9-4-3-7-13(14)15/h3-4,7,9,12,14,16-17H,2,5-6,8,10-11H2,1H3. The van der Waals surface area contributed by atoms with Gasteiger partial charge in [-0.1, -0.05) is 31.5 Å². The van der Waals surface area contributed by atoms with Crippen LogP contribution in [0.3, 0.4) is 0 Å². The molecule has 1 aliphatic heterocycles. The molecule has 2 N–H and O–H groups in total. The SMILES string of the molecule is CCCC(O)CNC1CCCOc2ccccc21. The summed E-state index contributed by atoms with van der Waals surface area (Å²) < 4.78 is 5.73. The maximum Gasteiger partial charge on any atom is 0.124 e. The lowest BCUT2D eigenvalue weighted by atomic mass is 10.0. The summed E-state index contributed by atoms with van der Waals surface area (Å²) in [6.45, 7) is 3.54. The van der Waals surface area contributed by atoms with Crippen molar-refractivity contribution in [2.75, 3.05) is 13.2 Å². The van der Waals surface area contributed by atoms with Gasteiger partial charge >= 0.3 is 0 Å². The number of aliphatic hydroxyl groups is 1. The molecular formula is C15H23NO2. The highest BCUT2D eigenvalue weighted by Gasteiger charge is 2.19. The van der Waals surface area contributed by atoms with E-state index in [1.165, 1.54) is 5.56 Å². The summed E-state index contributed by atoms with van der Waals surface area (Å²) in [5.74, 6) is 0.984. The highest BCUT2D eigenvalue weighted by atomic mass is 16.5. The second-order valence-electron chi connectivity index (χ2n) is 4.93. The summed E-state index contributed by atoms with van der Waals surface area (Å²) in [5, 5.41) is 13.3. The summed E-state index contributed by atoms with van der Waals surface area (Å²) >= 11 is 0. The number of benzene rings is 1. The molecule has 0 amide bonds. The Hall–Kier alpha value is -1.06. The number of para-hydroxylation sites is 1. The number of aliphatic hydroxyl groups excluding tert-OH is 1. The van der Waals surface area contributed by atoms with E-state index in [9.17, 15) is 5.11 Å². The van der Waals surface area contributed by atoms with Crippen molar-refractivity contribution in [1.29, 1.82) is 0 Å². The molecule has 0 aliphatic carbocycles. The van der Waals surface area contributed by atoms with E-state index in [0.717, 1.165) is 38.0 Å². The summed E-state index contributed by atoms with van der Waals surface area (Å²) in [6, 6.07) is 8.50. The lowest BCUT2D eigenvalue weighted by Crippen LogP contribution is -2.30. The van der Waals surface area contributed by atoms with Crippen molar-refractivity contribution in [2.24, 2.45) is 0 Å². The van der Waals surface area contributed by atoms with E-state index in [-0.39, 0.29) is 6.10 Å². The topological polar surface area (TPSA) is 41.5 Å². The Labute approximate surface area is 109 Å². The minimum Gasteiger partial charge on any atom is -0.493 e. The summed E-state index contributed by atoms with van der Waals surface area (Å²) in [5.41, 5.74) is 1.22. The zero-order chi connectivity index (χ0) is 12.8. The van der Waals surface area contributed by atoms with E-state index in [0.29, 0.717) is 12.6 Å². The number of fused-ring (bicyclic) bond motifs is 1. The van der Waals surface area contributed by atoms with Gasteiger partial charge in [-0.3, -0.25) is 0 Å². The molecular weight excluding hydrogens is 226 g/mol. The Morgan fingerprint density at radius 2 is 2.28 bits per heavy atom. The minimum atomic E-state index is -0.244. The molecule has 0 bridgehead atoms. The normalized spacial score (nSPS) is 20.7. The van der Waals surface area contributed by atoms with Crippen molar-refractivity contribution in [1.82, 2.24) is 5.32 Å². The summed E-state index contributed by atoms with van der Waals surface area (Å²) in [6.07, 6.45) is 3.75. The van der Waals surface area contributed by atoms with Crippen LogP contribution >= 0.6 is 0 Å². The first kappa shape index (κ1) is 13.4. The second kappa shape index (κ2) is 6.76. The first-order chi connectivity index (χ1) is 8.81. The van der Waals surface area contributed by atoms with Crippen molar-refractivity contribution in [3.63, 3.8) is 0 Å². The van der Waals surface area contributed by atoms with Gasteiger partial charge in [0.05, 0.1) is 12.7 Å². The maximum absolute atomic E-state index is 9.80.